The van der Waals surface area contributed by atoms with Crippen molar-refractivity contribution in [1.82, 2.24) is 20.2 Å². The first-order valence-corrected chi connectivity index (χ1v) is 13.7. The Hall–Kier alpha value is -1.93. The van der Waals surface area contributed by atoms with Gasteiger partial charge in [0.05, 0.1) is 6.10 Å². The third-order valence-electron chi connectivity index (χ3n) is 7.93. The van der Waals surface area contributed by atoms with Crippen molar-refractivity contribution in [3.63, 3.8) is 0 Å². The first-order valence-electron chi connectivity index (χ1n) is 13.7. The van der Waals surface area contributed by atoms with Crippen molar-refractivity contribution < 1.29 is 9.90 Å². The molecular formula is C26H44N6O2. The van der Waals surface area contributed by atoms with E-state index in [0.29, 0.717) is 29.8 Å². The van der Waals surface area contributed by atoms with Crippen LogP contribution in [0.5, 0.6) is 0 Å². The number of rotatable bonds is 10. The molecule has 1 aliphatic heterocycles. The first kappa shape index (κ1) is 25.2. The third-order valence-corrected chi connectivity index (χ3v) is 7.93. The Kier molecular flexibility index (Phi) is 9.39. The molecule has 190 valence electrons. The Labute approximate surface area is 204 Å². The summed E-state index contributed by atoms with van der Waals surface area (Å²) in [6, 6.07) is 1.01. The van der Waals surface area contributed by atoms with E-state index in [9.17, 15) is 9.90 Å². The molecule has 0 spiro atoms. The summed E-state index contributed by atoms with van der Waals surface area (Å²) in [6.07, 6.45) is 14.7. The van der Waals surface area contributed by atoms with E-state index >= 15 is 0 Å². The van der Waals surface area contributed by atoms with Crippen LogP contribution in [-0.2, 0) is 0 Å². The number of likely N-dealkylation sites (tertiary alicyclic amines) is 1. The zero-order valence-electron chi connectivity index (χ0n) is 20.9. The number of hydrogen-bond acceptors (Lipinski definition) is 7. The predicted molar refractivity (Wildman–Crippen MR) is 136 cm³/mol. The van der Waals surface area contributed by atoms with Gasteiger partial charge in [0.1, 0.15) is 11.4 Å². The number of anilines is 2. The second-order valence-electron chi connectivity index (χ2n) is 10.5. The van der Waals surface area contributed by atoms with Gasteiger partial charge in [-0.1, -0.05) is 26.2 Å². The molecule has 0 radical (unpaired) electrons. The smallest absolute Gasteiger partial charge is 0.256 e. The zero-order chi connectivity index (χ0) is 23.8. The largest absolute Gasteiger partial charge is 0.393 e. The Morgan fingerprint density at radius 1 is 1.09 bits per heavy atom. The summed E-state index contributed by atoms with van der Waals surface area (Å²) in [6.45, 7) is 6.00. The Balaban J connectivity index is 1.33. The number of carbonyl (C=O) groups excluding carboxylic acids is 1. The lowest BCUT2D eigenvalue weighted by molar-refractivity contribution is 0.0924. The van der Waals surface area contributed by atoms with Crippen LogP contribution < -0.4 is 16.0 Å². The predicted octanol–water partition coefficient (Wildman–Crippen LogP) is 3.79. The molecule has 1 saturated heterocycles. The van der Waals surface area contributed by atoms with Crippen molar-refractivity contribution in [1.29, 1.82) is 0 Å². The van der Waals surface area contributed by atoms with E-state index in [1.807, 2.05) is 0 Å². The van der Waals surface area contributed by atoms with Crippen LogP contribution in [-0.4, -0.2) is 70.2 Å². The number of piperidine rings is 1. The fourth-order valence-electron chi connectivity index (χ4n) is 5.66. The molecule has 3 aliphatic rings. The van der Waals surface area contributed by atoms with Crippen molar-refractivity contribution in [3.05, 3.63) is 11.8 Å². The highest BCUT2D eigenvalue weighted by atomic mass is 16.3. The number of aliphatic hydroxyl groups excluding tert-OH is 1. The number of carbonyl (C=O) groups is 1. The van der Waals surface area contributed by atoms with E-state index < -0.39 is 0 Å². The van der Waals surface area contributed by atoms with Crippen LogP contribution in [0.3, 0.4) is 0 Å². The Morgan fingerprint density at radius 2 is 1.82 bits per heavy atom. The maximum Gasteiger partial charge on any atom is 0.256 e. The Morgan fingerprint density at radius 3 is 2.53 bits per heavy atom. The van der Waals surface area contributed by atoms with Gasteiger partial charge in [0.15, 0.2) is 0 Å². The monoisotopic (exact) mass is 472 g/mol. The van der Waals surface area contributed by atoms with Gasteiger partial charge in [-0.15, -0.1) is 0 Å². The molecule has 0 aromatic carbocycles. The maximum atomic E-state index is 13.1. The number of hydrogen-bond donors (Lipinski definition) is 4. The van der Waals surface area contributed by atoms with Crippen molar-refractivity contribution in [2.75, 3.05) is 36.8 Å². The normalized spacial score (nSPS) is 24.8. The zero-order valence-corrected chi connectivity index (χ0v) is 20.9. The molecule has 8 heteroatoms. The van der Waals surface area contributed by atoms with E-state index in [0.717, 1.165) is 77.0 Å². The van der Waals surface area contributed by atoms with Crippen LogP contribution in [0, 0.1) is 5.92 Å². The first-order chi connectivity index (χ1) is 16.6. The minimum Gasteiger partial charge on any atom is -0.393 e. The van der Waals surface area contributed by atoms with Gasteiger partial charge in [0.2, 0.25) is 5.95 Å². The molecule has 2 aliphatic carbocycles. The number of aliphatic hydroxyl groups is 1. The Bertz CT molecular complexity index is 769. The van der Waals surface area contributed by atoms with Gasteiger partial charge in [0, 0.05) is 31.4 Å². The molecule has 4 rings (SSSR count). The molecule has 2 heterocycles. The van der Waals surface area contributed by atoms with Gasteiger partial charge in [-0.3, -0.25) is 4.79 Å². The lowest BCUT2D eigenvalue weighted by atomic mass is 9.93. The second-order valence-corrected chi connectivity index (χ2v) is 10.5. The summed E-state index contributed by atoms with van der Waals surface area (Å²) in [4.78, 5) is 24.9. The SMILES string of the molecule is CCCCNc1ncc(C(=O)NCC2CCN(C3CCCC3)CC2)c(N[C@H]2CC[C@H](O)CC2)n1. The van der Waals surface area contributed by atoms with Crippen LogP contribution in [0.2, 0.25) is 0 Å². The minimum absolute atomic E-state index is 0.100. The minimum atomic E-state index is -0.211. The van der Waals surface area contributed by atoms with E-state index in [-0.39, 0.29) is 18.1 Å². The van der Waals surface area contributed by atoms with Crippen molar-refractivity contribution in [2.24, 2.45) is 5.92 Å². The van der Waals surface area contributed by atoms with Crippen LogP contribution >= 0.6 is 0 Å². The van der Waals surface area contributed by atoms with Crippen molar-refractivity contribution >= 4 is 17.7 Å². The van der Waals surface area contributed by atoms with E-state index in [1.54, 1.807) is 6.20 Å². The van der Waals surface area contributed by atoms with Gasteiger partial charge in [-0.05, 0) is 76.8 Å². The van der Waals surface area contributed by atoms with E-state index in [4.69, 9.17) is 0 Å². The standard InChI is InChI=1S/C26H44N6O2/c1-2-3-14-27-26-29-18-23(24(31-26)30-20-8-10-22(33)11-9-20)25(34)28-17-19-12-15-32(16-13-19)21-6-4-5-7-21/h18-22,33H,2-17H2,1H3,(H,28,34)(H2,27,29,30,31)/t20-,22-. The third kappa shape index (κ3) is 7.04. The number of unbranched alkanes of at least 4 members (excludes halogenated alkanes) is 1. The molecule has 0 bridgehead atoms. The summed E-state index contributed by atoms with van der Waals surface area (Å²) in [5.41, 5.74) is 0.510. The average Bonchev–Trinajstić information content (AvgIpc) is 3.40. The van der Waals surface area contributed by atoms with Crippen LogP contribution in [0.1, 0.15) is 94.3 Å². The lowest BCUT2D eigenvalue weighted by Crippen LogP contribution is -2.42. The van der Waals surface area contributed by atoms with Gasteiger partial charge in [-0.25, -0.2) is 4.98 Å². The molecule has 0 unspecified atom stereocenters. The fourth-order valence-corrected chi connectivity index (χ4v) is 5.66. The van der Waals surface area contributed by atoms with Crippen molar-refractivity contribution in [3.8, 4) is 0 Å². The molecule has 1 aromatic heterocycles. The molecule has 34 heavy (non-hydrogen) atoms. The highest BCUT2D eigenvalue weighted by Gasteiger charge is 2.28. The van der Waals surface area contributed by atoms with Crippen LogP contribution in [0.4, 0.5) is 11.8 Å². The van der Waals surface area contributed by atoms with Crippen LogP contribution in [0.15, 0.2) is 6.20 Å². The molecule has 1 amide bonds. The molecule has 4 N–H and O–H groups in total. The molecule has 1 aromatic rings. The number of nitrogens with zero attached hydrogens (tertiary/aromatic N) is 3. The van der Waals surface area contributed by atoms with Gasteiger partial charge < -0.3 is 26.0 Å². The lowest BCUT2D eigenvalue weighted by Gasteiger charge is -2.36. The topological polar surface area (TPSA) is 102 Å². The van der Waals surface area contributed by atoms with E-state index in [1.165, 1.54) is 25.7 Å². The summed E-state index contributed by atoms with van der Waals surface area (Å²) < 4.78 is 0. The molecule has 3 fully saturated rings. The highest BCUT2D eigenvalue weighted by molar-refractivity contribution is 5.98. The van der Waals surface area contributed by atoms with Gasteiger partial charge >= 0.3 is 0 Å². The fraction of sp³-hybridized carbons (Fsp3) is 0.808. The van der Waals surface area contributed by atoms with Gasteiger partial charge in [-0.2, -0.15) is 4.98 Å². The molecule has 2 saturated carbocycles. The summed E-state index contributed by atoms with van der Waals surface area (Å²) in [5.74, 6) is 1.59. The number of nitrogens with one attached hydrogen (secondary N) is 3. The summed E-state index contributed by atoms with van der Waals surface area (Å²) in [7, 11) is 0. The molecule has 0 atom stereocenters. The number of aromatic nitrogens is 2. The quantitative estimate of drug-likeness (QED) is 0.384. The maximum absolute atomic E-state index is 13.1. The van der Waals surface area contributed by atoms with Gasteiger partial charge in [0.25, 0.3) is 5.91 Å². The second kappa shape index (κ2) is 12.7. The molecule has 8 nitrogen and oxygen atoms in total. The summed E-state index contributed by atoms with van der Waals surface area (Å²) in [5, 5.41) is 19.8. The van der Waals surface area contributed by atoms with E-state index in [2.05, 4.69) is 37.7 Å². The average molecular weight is 473 g/mol. The van der Waals surface area contributed by atoms with Crippen LogP contribution in [0.25, 0.3) is 0 Å². The molecular weight excluding hydrogens is 428 g/mol. The van der Waals surface area contributed by atoms with Crippen molar-refractivity contribution in [2.45, 2.75) is 102 Å². The highest BCUT2D eigenvalue weighted by Crippen LogP contribution is 2.28. The summed E-state index contributed by atoms with van der Waals surface area (Å²) >= 11 is 0. The number of amides is 1.